The van der Waals surface area contributed by atoms with E-state index in [1.807, 2.05) is 0 Å². The molecule has 0 heterocycles. The molecule has 0 radical (unpaired) electrons. The van der Waals surface area contributed by atoms with Crippen LogP contribution in [0, 0.1) is 0 Å². The highest BCUT2D eigenvalue weighted by molar-refractivity contribution is 5.79. The van der Waals surface area contributed by atoms with Gasteiger partial charge in [0.25, 0.3) is 0 Å². The largest absolute Gasteiger partial charge is 0.481 e. The number of carbonyl (C=O) groups is 4. The van der Waals surface area contributed by atoms with E-state index in [2.05, 4.69) is 0 Å². The summed E-state index contributed by atoms with van der Waals surface area (Å²) in [5, 5.41) is 64.4. The summed E-state index contributed by atoms with van der Waals surface area (Å²) in [5.74, 6) is -5.04. The van der Waals surface area contributed by atoms with Gasteiger partial charge < -0.3 is 46.6 Å². The Morgan fingerprint density at radius 3 is 1.40 bits per heavy atom. The fourth-order valence-corrected chi connectivity index (χ4v) is 0.713. The average molecular weight is 373 g/mol. The van der Waals surface area contributed by atoms with Gasteiger partial charge in [-0.05, 0) is 6.42 Å². The summed E-state index contributed by atoms with van der Waals surface area (Å²) >= 11 is 0. The van der Waals surface area contributed by atoms with Crippen molar-refractivity contribution >= 4 is 23.9 Å². The van der Waals surface area contributed by atoms with E-state index in [1.165, 1.54) is 0 Å². The van der Waals surface area contributed by atoms with Gasteiger partial charge in [-0.1, -0.05) is 0 Å². The van der Waals surface area contributed by atoms with Gasteiger partial charge in [-0.2, -0.15) is 0 Å². The lowest BCUT2D eigenvalue weighted by Crippen LogP contribution is -2.30. The molecule has 0 aromatic heterocycles. The summed E-state index contributed by atoms with van der Waals surface area (Å²) in [5.41, 5.74) is 5.00. The number of nitrogens with two attached hydrogens (primary N) is 1. The third-order valence-corrected chi connectivity index (χ3v) is 2.06. The SMILES string of the molecule is NC(CCC(=O)O)C(=O)O.O=C(O)CC(O)C(=O)O.OCC(O)CO. The second-order valence-electron chi connectivity index (χ2n) is 4.35. The van der Waals surface area contributed by atoms with Crippen LogP contribution in [-0.2, 0) is 19.2 Å². The molecule has 2 unspecified atom stereocenters. The maximum absolute atomic E-state index is 9.99. The minimum atomic E-state index is -1.79. The fraction of sp³-hybridized carbons (Fsp3) is 0.667. The Labute approximate surface area is 141 Å². The van der Waals surface area contributed by atoms with E-state index in [1.54, 1.807) is 0 Å². The molecule has 13 heteroatoms. The summed E-state index contributed by atoms with van der Waals surface area (Å²) in [6, 6.07) is -1.06. The number of carboxylic acid groups (broad SMARTS) is 4. The summed E-state index contributed by atoms with van der Waals surface area (Å²) in [6.45, 7) is -0.729. The summed E-state index contributed by atoms with van der Waals surface area (Å²) in [6.07, 6.45) is -3.72. The number of carboxylic acids is 4. The average Bonchev–Trinajstić information content (AvgIpc) is 2.51. The summed E-state index contributed by atoms with van der Waals surface area (Å²) < 4.78 is 0. The lowest BCUT2D eigenvalue weighted by atomic mass is 10.2. The number of rotatable bonds is 9. The lowest BCUT2D eigenvalue weighted by molar-refractivity contribution is -0.152. The van der Waals surface area contributed by atoms with Crippen LogP contribution in [0.5, 0.6) is 0 Å². The third-order valence-electron chi connectivity index (χ3n) is 2.06. The van der Waals surface area contributed by atoms with Crippen molar-refractivity contribution in [2.24, 2.45) is 5.73 Å². The van der Waals surface area contributed by atoms with Crippen molar-refractivity contribution in [2.45, 2.75) is 37.5 Å². The van der Waals surface area contributed by atoms with Crippen LogP contribution >= 0.6 is 0 Å². The molecular weight excluding hydrogens is 350 g/mol. The Hall–Kier alpha value is -2.32. The van der Waals surface area contributed by atoms with Gasteiger partial charge in [-0.25, -0.2) is 4.79 Å². The van der Waals surface area contributed by atoms with Gasteiger partial charge >= 0.3 is 23.9 Å². The number of aliphatic hydroxyl groups excluding tert-OH is 4. The number of aliphatic hydroxyl groups is 4. The minimum Gasteiger partial charge on any atom is -0.481 e. The molecule has 13 nitrogen and oxygen atoms in total. The summed E-state index contributed by atoms with van der Waals surface area (Å²) in [4.78, 5) is 39.3. The van der Waals surface area contributed by atoms with E-state index in [0.29, 0.717) is 0 Å². The topological polar surface area (TPSA) is 256 Å². The Kier molecular flexibility index (Phi) is 18.2. The van der Waals surface area contributed by atoms with Gasteiger partial charge in [0.05, 0.1) is 19.6 Å². The molecule has 2 atom stereocenters. The molecule has 148 valence electrons. The van der Waals surface area contributed by atoms with E-state index in [9.17, 15) is 19.2 Å². The zero-order chi connectivity index (χ0) is 20.6. The molecule has 0 saturated heterocycles. The van der Waals surface area contributed by atoms with E-state index >= 15 is 0 Å². The monoisotopic (exact) mass is 373 g/mol. The second kappa shape index (κ2) is 16.5. The molecule has 0 spiro atoms. The zero-order valence-corrected chi connectivity index (χ0v) is 13.1. The molecule has 0 saturated carbocycles. The first-order valence-electron chi connectivity index (χ1n) is 6.61. The van der Waals surface area contributed by atoms with Crippen molar-refractivity contribution < 1.29 is 60.0 Å². The molecule has 0 aromatic rings. The molecule has 0 fully saturated rings. The van der Waals surface area contributed by atoms with Gasteiger partial charge in [0.2, 0.25) is 0 Å². The third kappa shape index (κ3) is 24.1. The summed E-state index contributed by atoms with van der Waals surface area (Å²) in [7, 11) is 0. The molecule has 10 N–H and O–H groups in total. The molecule has 0 aliphatic rings. The first-order valence-corrected chi connectivity index (χ1v) is 6.61. The van der Waals surface area contributed by atoms with Gasteiger partial charge in [0.1, 0.15) is 12.1 Å². The Bertz CT molecular complexity index is 409. The maximum Gasteiger partial charge on any atom is 0.333 e. The highest BCUT2D eigenvalue weighted by Gasteiger charge is 2.16. The Morgan fingerprint density at radius 2 is 1.24 bits per heavy atom. The standard InChI is InChI=1S/C5H9NO4.C4H6O5.C3H8O3/c6-3(5(9)10)1-2-4(7)8;5-2(4(8)9)1-3(6)7;4-1-3(6)2-5/h3H,1-2,6H2,(H,7,8)(H,9,10);2,5H,1H2,(H,6,7)(H,8,9);3-6H,1-2H2. The van der Waals surface area contributed by atoms with Gasteiger partial charge in [0.15, 0.2) is 6.10 Å². The Balaban J connectivity index is -0.000000300. The predicted molar refractivity (Wildman–Crippen MR) is 78.6 cm³/mol. The van der Waals surface area contributed by atoms with E-state index in [-0.39, 0.29) is 26.1 Å². The second-order valence-corrected chi connectivity index (χ2v) is 4.35. The molecule has 0 bridgehead atoms. The molecule has 25 heavy (non-hydrogen) atoms. The molecular formula is C12H23NO12. The quantitative estimate of drug-likeness (QED) is 0.190. The van der Waals surface area contributed by atoms with Crippen molar-refractivity contribution in [2.75, 3.05) is 13.2 Å². The predicted octanol–water partition coefficient (Wildman–Crippen LogP) is -3.50. The first kappa shape index (κ1) is 27.5. The van der Waals surface area contributed by atoms with Crippen LogP contribution in [0.25, 0.3) is 0 Å². The van der Waals surface area contributed by atoms with E-state index in [4.69, 9.17) is 46.6 Å². The maximum atomic E-state index is 9.99. The van der Waals surface area contributed by atoms with Crippen molar-refractivity contribution in [3.8, 4) is 0 Å². The molecule has 0 rings (SSSR count). The smallest absolute Gasteiger partial charge is 0.333 e. The van der Waals surface area contributed by atoms with Gasteiger partial charge in [-0.3, -0.25) is 14.4 Å². The van der Waals surface area contributed by atoms with Crippen LogP contribution in [0.15, 0.2) is 0 Å². The normalized spacial score (nSPS) is 11.9. The molecule has 0 amide bonds. The highest BCUT2D eigenvalue weighted by atomic mass is 16.4. The van der Waals surface area contributed by atoms with Crippen molar-refractivity contribution in [1.82, 2.24) is 0 Å². The lowest BCUT2D eigenvalue weighted by Gasteiger charge is -2.01. The van der Waals surface area contributed by atoms with Crippen LogP contribution in [0.1, 0.15) is 19.3 Å². The minimum absolute atomic E-state index is 0.0231. The Morgan fingerprint density at radius 1 is 0.800 bits per heavy atom. The van der Waals surface area contributed by atoms with Crippen LogP contribution in [-0.4, -0.2) is 96.2 Å². The molecule has 0 aliphatic heterocycles. The van der Waals surface area contributed by atoms with E-state index < -0.39 is 48.5 Å². The number of hydrogen-bond donors (Lipinski definition) is 9. The fourth-order valence-electron chi connectivity index (χ4n) is 0.713. The van der Waals surface area contributed by atoms with Crippen molar-refractivity contribution in [1.29, 1.82) is 0 Å². The van der Waals surface area contributed by atoms with Gasteiger partial charge in [0, 0.05) is 6.42 Å². The zero-order valence-electron chi connectivity index (χ0n) is 13.1. The number of hydrogen-bond acceptors (Lipinski definition) is 9. The molecule has 0 aromatic carbocycles. The van der Waals surface area contributed by atoms with Crippen LogP contribution < -0.4 is 5.73 Å². The number of aliphatic carboxylic acids is 4. The van der Waals surface area contributed by atoms with Gasteiger partial charge in [-0.15, -0.1) is 0 Å². The highest BCUT2D eigenvalue weighted by Crippen LogP contribution is 1.93. The van der Waals surface area contributed by atoms with Crippen LogP contribution in [0.2, 0.25) is 0 Å². The van der Waals surface area contributed by atoms with Crippen molar-refractivity contribution in [3.05, 3.63) is 0 Å². The van der Waals surface area contributed by atoms with Crippen molar-refractivity contribution in [3.63, 3.8) is 0 Å². The van der Waals surface area contributed by atoms with Crippen LogP contribution in [0.4, 0.5) is 0 Å². The van der Waals surface area contributed by atoms with E-state index in [0.717, 1.165) is 0 Å². The van der Waals surface area contributed by atoms with Crippen LogP contribution in [0.3, 0.4) is 0 Å². The first-order chi connectivity index (χ1) is 11.4. The molecule has 0 aliphatic carbocycles.